The third-order valence-corrected chi connectivity index (χ3v) is 3.66. The van der Waals surface area contributed by atoms with Crippen molar-refractivity contribution < 1.29 is 9.90 Å². The molecule has 19 heavy (non-hydrogen) atoms. The van der Waals surface area contributed by atoms with Crippen molar-refractivity contribution in [1.29, 1.82) is 0 Å². The van der Waals surface area contributed by atoms with E-state index in [-0.39, 0.29) is 17.3 Å². The Morgan fingerprint density at radius 1 is 1.53 bits per heavy atom. The molecular formula is C14H19ClN2O2. The maximum Gasteiger partial charge on any atom is 0.225 e. The minimum absolute atomic E-state index is 0.0374. The Labute approximate surface area is 118 Å². The Balaban J connectivity index is 2.19. The van der Waals surface area contributed by atoms with E-state index < -0.39 is 6.10 Å². The number of aliphatic hydroxyl groups is 1. The first kappa shape index (κ1) is 14.2. The van der Waals surface area contributed by atoms with Gasteiger partial charge in [-0.15, -0.1) is 11.6 Å². The summed E-state index contributed by atoms with van der Waals surface area (Å²) in [5.41, 5.74) is 2.72. The van der Waals surface area contributed by atoms with Gasteiger partial charge in [0.1, 0.15) is 0 Å². The molecule has 3 N–H and O–H groups in total. The number of rotatable bonds is 4. The summed E-state index contributed by atoms with van der Waals surface area (Å²) >= 11 is 5.55. The fourth-order valence-corrected chi connectivity index (χ4v) is 2.49. The Morgan fingerprint density at radius 3 is 2.95 bits per heavy atom. The Bertz CT molecular complexity index is 488. The van der Waals surface area contributed by atoms with Crippen LogP contribution in [0.25, 0.3) is 0 Å². The Hall–Kier alpha value is -1.26. The van der Waals surface area contributed by atoms with Crippen LogP contribution >= 0.6 is 11.6 Å². The number of carbonyl (C=O) groups excluding carboxylic acids is 1. The first-order valence-electron chi connectivity index (χ1n) is 6.34. The van der Waals surface area contributed by atoms with Crippen LogP contribution in [0.15, 0.2) is 18.2 Å². The van der Waals surface area contributed by atoms with Gasteiger partial charge in [-0.2, -0.15) is 0 Å². The second-order valence-electron chi connectivity index (χ2n) is 5.41. The third kappa shape index (κ3) is 3.19. The second-order valence-corrected chi connectivity index (χ2v) is 5.72. The lowest BCUT2D eigenvalue weighted by Gasteiger charge is -2.33. The predicted octanol–water partition coefficient (Wildman–Crippen LogP) is 1.61. The SMILES string of the molecule is CC1(C)NC(=O)Cc2cc(NCC(O)CCl)ccc21. The number of amides is 1. The van der Waals surface area contributed by atoms with E-state index in [0.717, 1.165) is 16.8 Å². The first-order chi connectivity index (χ1) is 8.92. The summed E-state index contributed by atoms with van der Waals surface area (Å²) < 4.78 is 0. The molecule has 0 spiro atoms. The number of hydrogen-bond donors (Lipinski definition) is 3. The highest BCUT2D eigenvalue weighted by Gasteiger charge is 2.30. The molecule has 0 radical (unpaired) electrons. The molecule has 1 unspecified atom stereocenters. The van der Waals surface area contributed by atoms with Crippen LogP contribution in [0, 0.1) is 0 Å². The van der Waals surface area contributed by atoms with Crippen molar-refractivity contribution in [2.24, 2.45) is 0 Å². The van der Waals surface area contributed by atoms with E-state index in [4.69, 9.17) is 11.6 Å². The Kier molecular flexibility index (Phi) is 4.02. The zero-order chi connectivity index (χ0) is 14.0. The van der Waals surface area contributed by atoms with Gasteiger partial charge in [0.2, 0.25) is 5.91 Å². The van der Waals surface area contributed by atoms with E-state index >= 15 is 0 Å². The van der Waals surface area contributed by atoms with Crippen molar-refractivity contribution in [3.63, 3.8) is 0 Å². The molecule has 0 bridgehead atoms. The van der Waals surface area contributed by atoms with Gasteiger partial charge in [-0.05, 0) is 37.1 Å². The standard InChI is InChI=1S/C14H19ClN2O2/c1-14(2)12-4-3-10(16-8-11(18)7-15)5-9(12)6-13(19)17-14/h3-5,11,16,18H,6-8H2,1-2H3,(H,17,19). The van der Waals surface area contributed by atoms with Crippen LogP contribution < -0.4 is 10.6 Å². The average molecular weight is 283 g/mol. The van der Waals surface area contributed by atoms with Gasteiger partial charge in [-0.1, -0.05) is 6.07 Å². The van der Waals surface area contributed by atoms with Crippen LogP contribution in [-0.4, -0.2) is 29.5 Å². The number of carbonyl (C=O) groups is 1. The lowest BCUT2D eigenvalue weighted by atomic mass is 9.85. The molecule has 2 rings (SSSR count). The van der Waals surface area contributed by atoms with Crippen LogP contribution in [0.2, 0.25) is 0 Å². The molecule has 0 saturated heterocycles. The maximum atomic E-state index is 11.7. The molecule has 0 fully saturated rings. The molecule has 1 aromatic rings. The lowest BCUT2D eigenvalue weighted by molar-refractivity contribution is -0.122. The second kappa shape index (κ2) is 5.39. The molecule has 0 aliphatic carbocycles. The highest BCUT2D eigenvalue weighted by Crippen LogP contribution is 2.30. The molecule has 5 heteroatoms. The maximum absolute atomic E-state index is 11.7. The number of halogens is 1. The summed E-state index contributed by atoms with van der Waals surface area (Å²) in [4.78, 5) is 11.7. The van der Waals surface area contributed by atoms with Crippen LogP contribution in [-0.2, 0) is 16.8 Å². The minimum Gasteiger partial charge on any atom is -0.390 e. The largest absolute Gasteiger partial charge is 0.390 e. The molecule has 104 valence electrons. The summed E-state index contributed by atoms with van der Waals surface area (Å²) in [7, 11) is 0. The highest BCUT2D eigenvalue weighted by molar-refractivity contribution is 6.18. The number of alkyl halides is 1. The molecule has 1 amide bonds. The van der Waals surface area contributed by atoms with E-state index in [0.29, 0.717) is 13.0 Å². The van der Waals surface area contributed by atoms with Crippen LogP contribution in [0.3, 0.4) is 0 Å². The molecule has 1 aromatic carbocycles. The number of anilines is 1. The summed E-state index contributed by atoms with van der Waals surface area (Å²) in [6, 6.07) is 5.94. The molecule has 0 aromatic heterocycles. The summed E-state index contributed by atoms with van der Waals surface area (Å²) in [6.07, 6.45) is -0.177. The number of benzene rings is 1. The first-order valence-corrected chi connectivity index (χ1v) is 6.88. The minimum atomic E-state index is -0.572. The van der Waals surface area contributed by atoms with Gasteiger partial charge >= 0.3 is 0 Å². The van der Waals surface area contributed by atoms with Gasteiger partial charge in [0.25, 0.3) is 0 Å². The van der Waals surface area contributed by atoms with E-state index in [2.05, 4.69) is 10.6 Å². The van der Waals surface area contributed by atoms with Gasteiger partial charge < -0.3 is 15.7 Å². The topological polar surface area (TPSA) is 61.4 Å². The van der Waals surface area contributed by atoms with Crippen LogP contribution in [0.4, 0.5) is 5.69 Å². The zero-order valence-corrected chi connectivity index (χ0v) is 11.9. The quantitative estimate of drug-likeness (QED) is 0.735. The van der Waals surface area contributed by atoms with Crippen LogP contribution in [0.1, 0.15) is 25.0 Å². The monoisotopic (exact) mass is 282 g/mol. The third-order valence-electron chi connectivity index (χ3n) is 3.30. The van der Waals surface area contributed by atoms with Gasteiger partial charge in [-0.25, -0.2) is 0 Å². The smallest absolute Gasteiger partial charge is 0.225 e. The predicted molar refractivity (Wildman–Crippen MR) is 76.5 cm³/mol. The highest BCUT2D eigenvalue weighted by atomic mass is 35.5. The summed E-state index contributed by atoms with van der Waals surface area (Å²) in [5.74, 6) is 0.239. The fourth-order valence-electron chi connectivity index (χ4n) is 2.38. The zero-order valence-electron chi connectivity index (χ0n) is 11.2. The molecule has 1 aliphatic rings. The van der Waals surface area contributed by atoms with E-state index in [1.807, 2.05) is 32.0 Å². The summed E-state index contributed by atoms with van der Waals surface area (Å²) in [6.45, 7) is 4.39. The van der Waals surface area contributed by atoms with Gasteiger partial charge in [0, 0.05) is 12.2 Å². The number of fused-ring (bicyclic) bond motifs is 1. The van der Waals surface area contributed by atoms with E-state index in [9.17, 15) is 9.90 Å². The van der Waals surface area contributed by atoms with Gasteiger partial charge in [-0.3, -0.25) is 4.79 Å². The molecule has 1 aliphatic heterocycles. The van der Waals surface area contributed by atoms with Crippen molar-refractivity contribution in [3.05, 3.63) is 29.3 Å². The van der Waals surface area contributed by atoms with Crippen molar-refractivity contribution in [3.8, 4) is 0 Å². The molecule has 1 atom stereocenters. The number of aliphatic hydroxyl groups excluding tert-OH is 1. The molecule has 1 heterocycles. The van der Waals surface area contributed by atoms with Gasteiger partial charge in [0.05, 0.1) is 23.9 Å². The average Bonchev–Trinajstić information content (AvgIpc) is 2.34. The normalized spacial score (nSPS) is 18.4. The number of nitrogens with one attached hydrogen (secondary N) is 2. The van der Waals surface area contributed by atoms with Crippen LogP contribution in [0.5, 0.6) is 0 Å². The number of hydrogen-bond acceptors (Lipinski definition) is 3. The van der Waals surface area contributed by atoms with Crippen molar-refractivity contribution in [1.82, 2.24) is 5.32 Å². The van der Waals surface area contributed by atoms with Gasteiger partial charge in [0.15, 0.2) is 0 Å². The van der Waals surface area contributed by atoms with E-state index in [1.165, 1.54) is 0 Å². The van der Waals surface area contributed by atoms with E-state index in [1.54, 1.807) is 0 Å². The Morgan fingerprint density at radius 2 is 2.26 bits per heavy atom. The summed E-state index contributed by atoms with van der Waals surface area (Å²) in [5, 5.41) is 15.5. The van der Waals surface area contributed by atoms with Crippen molar-refractivity contribution in [2.75, 3.05) is 17.7 Å². The van der Waals surface area contributed by atoms with Crippen molar-refractivity contribution in [2.45, 2.75) is 31.9 Å². The molecule has 0 saturated carbocycles. The molecular weight excluding hydrogens is 264 g/mol. The molecule has 4 nitrogen and oxygen atoms in total. The lowest BCUT2D eigenvalue weighted by Crippen LogP contribution is -2.46. The fraction of sp³-hybridized carbons (Fsp3) is 0.500. The van der Waals surface area contributed by atoms with Crippen molar-refractivity contribution >= 4 is 23.2 Å².